The van der Waals surface area contributed by atoms with Gasteiger partial charge in [-0.1, -0.05) is 57.9 Å². The van der Waals surface area contributed by atoms with E-state index in [-0.39, 0.29) is 5.41 Å². The van der Waals surface area contributed by atoms with Crippen LogP contribution in [0.15, 0.2) is 66.7 Å². The maximum Gasteiger partial charge on any atom is 0.134 e. The fourth-order valence-corrected chi connectivity index (χ4v) is 7.11. The van der Waals surface area contributed by atoms with Gasteiger partial charge in [0.25, 0.3) is 0 Å². The van der Waals surface area contributed by atoms with E-state index in [1.807, 2.05) is 48.5 Å². The van der Waals surface area contributed by atoms with Crippen molar-refractivity contribution in [1.82, 2.24) is 0 Å². The van der Waals surface area contributed by atoms with Crippen LogP contribution in [0.5, 0.6) is 23.0 Å². The Morgan fingerprint density at radius 1 is 0.692 bits per heavy atom. The van der Waals surface area contributed by atoms with E-state index in [0.717, 1.165) is 40.3 Å². The molecule has 3 aromatic rings. The predicted molar refractivity (Wildman–Crippen MR) is 163 cm³/mol. The largest absolute Gasteiger partial charge is 0.457 e. The molecule has 3 aromatic carbocycles. The van der Waals surface area contributed by atoms with Crippen LogP contribution in [-0.2, 0) is 5.41 Å². The van der Waals surface area contributed by atoms with Gasteiger partial charge >= 0.3 is 0 Å². The molecule has 2 aliphatic carbocycles. The number of benzene rings is 3. The number of ether oxygens (including phenoxy) is 2. The van der Waals surface area contributed by atoms with Crippen molar-refractivity contribution in [3.8, 4) is 23.0 Å². The van der Waals surface area contributed by atoms with Crippen molar-refractivity contribution in [3.63, 3.8) is 0 Å². The van der Waals surface area contributed by atoms with Crippen molar-refractivity contribution in [1.29, 1.82) is 0 Å². The summed E-state index contributed by atoms with van der Waals surface area (Å²) in [5.74, 6) is 4.85. The Morgan fingerprint density at radius 2 is 1.28 bits per heavy atom. The number of unbranched alkanes of at least 4 members (excludes halogenated alkanes) is 2. The average Bonchev–Trinajstić information content (AvgIpc) is 2.97. The fourth-order valence-electron chi connectivity index (χ4n) is 7.11. The Morgan fingerprint density at radius 3 is 1.90 bits per heavy atom. The molecule has 0 heterocycles. The molecule has 0 amide bonds. The topological polar surface area (TPSA) is 70.5 Å². The van der Waals surface area contributed by atoms with Gasteiger partial charge in [0.1, 0.15) is 23.0 Å². The highest BCUT2D eigenvalue weighted by atomic mass is 16.5. The van der Waals surface area contributed by atoms with E-state index in [2.05, 4.69) is 25.1 Å². The zero-order chi connectivity index (χ0) is 27.1. The van der Waals surface area contributed by atoms with Gasteiger partial charge in [-0.25, -0.2) is 0 Å². The summed E-state index contributed by atoms with van der Waals surface area (Å²) >= 11 is 0. The smallest absolute Gasteiger partial charge is 0.134 e. The normalized spacial score (nSPS) is 21.9. The first-order valence-electron chi connectivity index (χ1n) is 15.3. The molecule has 4 nitrogen and oxygen atoms in total. The Bertz CT molecular complexity index is 1170. The standard InChI is InChI=1S/C35H46N2O2/c1-2-3-5-8-26-21-23-35(24-22-26,27-9-6-4-7-10-27)33-20-19-32(38-30-15-11-28(36)12-16-30)25-34(33)39-31-17-13-29(37)14-18-31/h11-20,25-27H,2-10,21-24,36-37H2,1H3. The highest BCUT2D eigenvalue weighted by molar-refractivity contribution is 5.51. The van der Waals surface area contributed by atoms with E-state index in [1.54, 1.807) is 0 Å². The summed E-state index contributed by atoms with van der Waals surface area (Å²) in [4.78, 5) is 0. The summed E-state index contributed by atoms with van der Waals surface area (Å²) in [5, 5.41) is 0. The molecule has 0 saturated heterocycles. The third kappa shape index (κ3) is 6.72. The van der Waals surface area contributed by atoms with Gasteiger partial charge in [-0.05, 0) is 105 Å². The van der Waals surface area contributed by atoms with E-state index in [9.17, 15) is 0 Å². The highest BCUT2D eigenvalue weighted by Crippen LogP contribution is 2.55. The first-order valence-corrected chi connectivity index (χ1v) is 15.3. The number of nitrogens with two attached hydrogens (primary N) is 2. The summed E-state index contributed by atoms with van der Waals surface area (Å²) in [5.41, 5.74) is 14.9. The van der Waals surface area contributed by atoms with Gasteiger partial charge in [-0.2, -0.15) is 0 Å². The van der Waals surface area contributed by atoms with Crippen LogP contribution in [0.1, 0.15) is 96.0 Å². The van der Waals surface area contributed by atoms with Gasteiger partial charge in [0.05, 0.1) is 0 Å². The molecule has 4 heteroatoms. The van der Waals surface area contributed by atoms with Gasteiger partial charge in [0.2, 0.25) is 0 Å². The number of hydrogen-bond acceptors (Lipinski definition) is 4. The average molecular weight is 527 g/mol. The molecular weight excluding hydrogens is 480 g/mol. The maximum absolute atomic E-state index is 6.68. The van der Waals surface area contributed by atoms with Gasteiger partial charge < -0.3 is 20.9 Å². The monoisotopic (exact) mass is 526 g/mol. The third-order valence-electron chi connectivity index (χ3n) is 9.31. The molecule has 0 spiro atoms. The Balaban J connectivity index is 1.49. The zero-order valence-electron chi connectivity index (χ0n) is 23.7. The van der Waals surface area contributed by atoms with Crippen molar-refractivity contribution in [3.05, 3.63) is 72.3 Å². The summed E-state index contributed by atoms with van der Waals surface area (Å²) in [6.45, 7) is 2.30. The molecule has 2 fully saturated rings. The molecule has 0 radical (unpaired) electrons. The van der Waals surface area contributed by atoms with Gasteiger partial charge in [-0.15, -0.1) is 0 Å². The number of anilines is 2. The van der Waals surface area contributed by atoms with Crippen LogP contribution in [0, 0.1) is 11.8 Å². The first-order chi connectivity index (χ1) is 19.1. The third-order valence-corrected chi connectivity index (χ3v) is 9.31. The van der Waals surface area contributed by atoms with Crippen molar-refractivity contribution in [2.45, 2.75) is 95.8 Å². The molecular formula is C35H46N2O2. The van der Waals surface area contributed by atoms with Crippen LogP contribution in [0.2, 0.25) is 0 Å². The second-order valence-corrected chi connectivity index (χ2v) is 11.9. The maximum atomic E-state index is 6.68. The van der Waals surface area contributed by atoms with Crippen molar-refractivity contribution in [2.24, 2.45) is 11.8 Å². The van der Waals surface area contributed by atoms with Gasteiger partial charge in [-0.3, -0.25) is 0 Å². The van der Waals surface area contributed by atoms with E-state index < -0.39 is 0 Å². The summed E-state index contributed by atoms with van der Waals surface area (Å²) in [6, 6.07) is 21.8. The van der Waals surface area contributed by atoms with Crippen LogP contribution in [0.25, 0.3) is 0 Å². The Kier molecular flexibility index (Phi) is 9.01. The van der Waals surface area contributed by atoms with E-state index in [4.69, 9.17) is 20.9 Å². The lowest BCUT2D eigenvalue weighted by molar-refractivity contribution is 0.117. The van der Waals surface area contributed by atoms with Gasteiger partial charge in [0.15, 0.2) is 0 Å². The van der Waals surface area contributed by atoms with Crippen LogP contribution in [-0.4, -0.2) is 0 Å². The first kappa shape index (κ1) is 27.4. The fraction of sp³-hybridized carbons (Fsp3) is 0.486. The molecule has 0 aliphatic heterocycles. The lowest BCUT2D eigenvalue weighted by atomic mass is 9.56. The number of hydrogen-bond donors (Lipinski definition) is 2. The molecule has 2 saturated carbocycles. The van der Waals surface area contributed by atoms with Crippen LogP contribution in [0.4, 0.5) is 11.4 Å². The molecule has 208 valence electrons. The van der Waals surface area contributed by atoms with Gasteiger partial charge in [0, 0.05) is 28.4 Å². The molecule has 0 aromatic heterocycles. The van der Waals surface area contributed by atoms with Crippen LogP contribution >= 0.6 is 0 Å². The lowest BCUT2D eigenvalue weighted by Crippen LogP contribution is -2.40. The van der Waals surface area contributed by atoms with Crippen molar-refractivity contribution >= 4 is 11.4 Å². The second-order valence-electron chi connectivity index (χ2n) is 11.9. The molecule has 2 aliphatic rings. The molecule has 0 unspecified atom stereocenters. The number of rotatable bonds is 10. The second kappa shape index (κ2) is 12.8. The SMILES string of the molecule is CCCCCC1CCC(c2ccc(Oc3ccc(N)cc3)cc2Oc2ccc(N)cc2)(C2CCCCC2)CC1. The van der Waals surface area contributed by atoms with E-state index >= 15 is 0 Å². The summed E-state index contributed by atoms with van der Waals surface area (Å²) in [6.07, 6.45) is 17.3. The van der Waals surface area contributed by atoms with Crippen molar-refractivity contribution < 1.29 is 9.47 Å². The predicted octanol–water partition coefficient (Wildman–Crippen LogP) is 10.0. The zero-order valence-corrected chi connectivity index (χ0v) is 23.7. The molecule has 0 atom stereocenters. The molecule has 5 rings (SSSR count). The number of nitrogen functional groups attached to an aromatic ring is 2. The van der Waals surface area contributed by atoms with Crippen LogP contribution in [0.3, 0.4) is 0 Å². The van der Waals surface area contributed by atoms with Crippen LogP contribution < -0.4 is 20.9 Å². The van der Waals surface area contributed by atoms with E-state index in [1.165, 1.54) is 89.0 Å². The minimum atomic E-state index is 0.157. The molecule has 4 N–H and O–H groups in total. The Hall–Kier alpha value is -3.14. The summed E-state index contributed by atoms with van der Waals surface area (Å²) in [7, 11) is 0. The minimum absolute atomic E-state index is 0.157. The quantitative estimate of drug-likeness (QED) is 0.204. The Labute approximate surface area is 235 Å². The lowest BCUT2D eigenvalue weighted by Gasteiger charge is -2.48. The highest BCUT2D eigenvalue weighted by Gasteiger charge is 2.45. The molecule has 0 bridgehead atoms. The van der Waals surface area contributed by atoms with Crippen molar-refractivity contribution in [2.75, 3.05) is 11.5 Å². The molecule has 39 heavy (non-hydrogen) atoms. The van der Waals surface area contributed by atoms with E-state index in [0.29, 0.717) is 5.92 Å². The summed E-state index contributed by atoms with van der Waals surface area (Å²) < 4.78 is 12.9. The minimum Gasteiger partial charge on any atom is -0.457 e.